The molecule has 0 amide bonds. The number of ether oxygens (including phenoxy) is 4. The number of fused-ring (bicyclic) bond motifs is 1. The van der Waals surface area contributed by atoms with Gasteiger partial charge in [0.15, 0.2) is 17.3 Å². The van der Waals surface area contributed by atoms with Gasteiger partial charge in [-0.25, -0.2) is 0 Å². The lowest BCUT2D eigenvalue weighted by Gasteiger charge is -2.37. The van der Waals surface area contributed by atoms with Crippen molar-refractivity contribution in [2.45, 2.75) is 19.8 Å². The Balaban J connectivity index is 1.78. The predicted octanol–water partition coefficient (Wildman–Crippen LogP) is 3.92. The average Bonchev–Trinajstić information content (AvgIpc) is 3.05. The van der Waals surface area contributed by atoms with E-state index in [-0.39, 0.29) is 11.2 Å². The van der Waals surface area contributed by atoms with Gasteiger partial charge in [0.05, 0.1) is 34.0 Å². The molecule has 1 heterocycles. The Labute approximate surface area is 159 Å². The van der Waals surface area contributed by atoms with Crippen LogP contribution in [0.15, 0.2) is 30.3 Å². The van der Waals surface area contributed by atoms with Crippen LogP contribution in [0.4, 0.5) is 0 Å². The van der Waals surface area contributed by atoms with Gasteiger partial charge in [0, 0.05) is 23.0 Å². The summed E-state index contributed by atoms with van der Waals surface area (Å²) in [6, 6.07) is 9.72. The highest BCUT2D eigenvalue weighted by Gasteiger charge is 2.35. The number of benzene rings is 2. The Morgan fingerprint density at radius 1 is 0.963 bits per heavy atom. The molecule has 0 atom stereocenters. The molecule has 2 aromatic carbocycles. The minimum atomic E-state index is 0.00639. The summed E-state index contributed by atoms with van der Waals surface area (Å²) in [4.78, 5) is 12.1. The minimum Gasteiger partial charge on any atom is -0.493 e. The molecule has 0 aromatic heterocycles. The summed E-state index contributed by atoms with van der Waals surface area (Å²) >= 11 is 0. The van der Waals surface area contributed by atoms with Crippen molar-refractivity contribution in [1.29, 1.82) is 0 Å². The SMILES string of the molecule is COc1ccc(-c2cccc3c2CCC3=O)c(OC)c1OCC1(C)COC1. The van der Waals surface area contributed by atoms with Gasteiger partial charge in [0.25, 0.3) is 0 Å². The fraction of sp³-hybridized carbons (Fsp3) is 0.409. The molecule has 2 aromatic rings. The first kappa shape index (κ1) is 17.9. The average molecular weight is 368 g/mol. The van der Waals surface area contributed by atoms with E-state index in [1.54, 1.807) is 14.2 Å². The first-order chi connectivity index (χ1) is 13.1. The lowest BCUT2D eigenvalue weighted by molar-refractivity contribution is -0.120. The lowest BCUT2D eigenvalue weighted by Crippen LogP contribution is -2.44. The van der Waals surface area contributed by atoms with E-state index in [2.05, 4.69) is 6.92 Å². The molecule has 5 nitrogen and oxygen atoms in total. The number of hydrogen-bond donors (Lipinski definition) is 0. The molecule has 0 unspecified atom stereocenters. The summed E-state index contributed by atoms with van der Waals surface area (Å²) in [7, 11) is 3.25. The van der Waals surface area contributed by atoms with Gasteiger partial charge in [0.1, 0.15) is 0 Å². The molecule has 0 saturated carbocycles. The molecule has 1 fully saturated rings. The molecule has 1 saturated heterocycles. The van der Waals surface area contributed by atoms with Crippen molar-refractivity contribution >= 4 is 5.78 Å². The van der Waals surface area contributed by atoms with Gasteiger partial charge >= 0.3 is 0 Å². The van der Waals surface area contributed by atoms with E-state index in [1.807, 2.05) is 30.3 Å². The third-order valence-electron chi connectivity index (χ3n) is 5.33. The third-order valence-corrected chi connectivity index (χ3v) is 5.33. The molecule has 0 radical (unpaired) electrons. The minimum absolute atomic E-state index is 0.00639. The van der Waals surface area contributed by atoms with Gasteiger partial charge in [0.2, 0.25) is 5.75 Å². The van der Waals surface area contributed by atoms with Crippen molar-refractivity contribution in [1.82, 2.24) is 0 Å². The van der Waals surface area contributed by atoms with E-state index in [4.69, 9.17) is 18.9 Å². The van der Waals surface area contributed by atoms with Crippen LogP contribution in [0, 0.1) is 5.41 Å². The number of Topliss-reactive ketones (excluding diaryl/α,β-unsaturated/α-hetero) is 1. The maximum absolute atomic E-state index is 12.1. The smallest absolute Gasteiger partial charge is 0.204 e. The number of methoxy groups -OCH3 is 2. The molecule has 2 aliphatic rings. The monoisotopic (exact) mass is 368 g/mol. The van der Waals surface area contributed by atoms with Gasteiger partial charge in [-0.15, -0.1) is 0 Å². The van der Waals surface area contributed by atoms with Gasteiger partial charge in [-0.05, 0) is 29.7 Å². The van der Waals surface area contributed by atoms with Crippen LogP contribution in [0.2, 0.25) is 0 Å². The Morgan fingerprint density at radius 3 is 2.41 bits per heavy atom. The Morgan fingerprint density at radius 2 is 1.74 bits per heavy atom. The van der Waals surface area contributed by atoms with E-state index in [1.165, 1.54) is 0 Å². The van der Waals surface area contributed by atoms with E-state index in [9.17, 15) is 4.79 Å². The second-order valence-corrected chi connectivity index (χ2v) is 7.52. The van der Waals surface area contributed by atoms with Crippen LogP contribution in [0.3, 0.4) is 0 Å². The number of carbonyl (C=O) groups is 1. The molecule has 1 aliphatic carbocycles. The quantitative estimate of drug-likeness (QED) is 0.774. The number of rotatable bonds is 6. The van der Waals surface area contributed by atoms with Crippen LogP contribution < -0.4 is 14.2 Å². The fourth-order valence-electron chi connectivity index (χ4n) is 3.78. The summed E-state index contributed by atoms with van der Waals surface area (Å²) < 4.78 is 22.8. The summed E-state index contributed by atoms with van der Waals surface area (Å²) in [6.45, 7) is 4.03. The number of carbonyl (C=O) groups excluding carboxylic acids is 1. The Hall–Kier alpha value is -2.53. The van der Waals surface area contributed by atoms with Crippen LogP contribution >= 0.6 is 0 Å². The van der Waals surface area contributed by atoms with Crippen molar-refractivity contribution < 1.29 is 23.7 Å². The summed E-state index contributed by atoms with van der Waals surface area (Å²) in [5.41, 5.74) is 3.82. The molecule has 4 rings (SSSR count). The van der Waals surface area contributed by atoms with Crippen molar-refractivity contribution in [3.63, 3.8) is 0 Å². The maximum Gasteiger partial charge on any atom is 0.204 e. The van der Waals surface area contributed by atoms with Crippen LogP contribution in [0.25, 0.3) is 11.1 Å². The molecule has 5 heteroatoms. The molecule has 0 spiro atoms. The highest BCUT2D eigenvalue weighted by atomic mass is 16.5. The fourth-order valence-corrected chi connectivity index (χ4v) is 3.78. The zero-order valence-corrected chi connectivity index (χ0v) is 16.0. The lowest BCUT2D eigenvalue weighted by atomic mass is 9.90. The third kappa shape index (κ3) is 3.06. The highest BCUT2D eigenvalue weighted by Crippen LogP contribution is 2.47. The van der Waals surface area contributed by atoms with Crippen LogP contribution in [-0.4, -0.2) is 39.8 Å². The molecule has 0 bridgehead atoms. The zero-order chi connectivity index (χ0) is 19.0. The number of ketones is 1. The van der Waals surface area contributed by atoms with Crippen molar-refractivity contribution in [2.75, 3.05) is 34.0 Å². The zero-order valence-electron chi connectivity index (χ0n) is 16.0. The maximum atomic E-state index is 12.1. The van der Waals surface area contributed by atoms with Crippen LogP contribution in [0.5, 0.6) is 17.2 Å². The molecule has 142 valence electrons. The van der Waals surface area contributed by atoms with Crippen molar-refractivity contribution in [3.05, 3.63) is 41.5 Å². The van der Waals surface area contributed by atoms with E-state index < -0.39 is 0 Å². The highest BCUT2D eigenvalue weighted by molar-refractivity contribution is 6.02. The largest absolute Gasteiger partial charge is 0.493 e. The Bertz CT molecular complexity index is 883. The molecule has 1 aliphatic heterocycles. The Kier molecular flexibility index (Phi) is 4.56. The first-order valence-corrected chi connectivity index (χ1v) is 9.17. The standard InChI is InChI=1S/C22H24O5/c1-22(11-26-12-22)13-27-21-19(24-2)10-8-17(20(21)25-3)14-5-4-6-16-15(14)7-9-18(16)23/h4-6,8,10H,7,9,11-13H2,1-3H3. The topological polar surface area (TPSA) is 54.0 Å². The van der Waals surface area contributed by atoms with E-state index in [0.29, 0.717) is 43.5 Å². The van der Waals surface area contributed by atoms with E-state index >= 15 is 0 Å². The molecular weight excluding hydrogens is 344 g/mol. The second kappa shape index (κ2) is 6.89. The summed E-state index contributed by atoms with van der Waals surface area (Å²) in [6.07, 6.45) is 1.32. The molecular formula is C22H24O5. The summed E-state index contributed by atoms with van der Waals surface area (Å²) in [5, 5.41) is 0. The van der Waals surface area contributed by atoms with Gasteiger partial charge in [-0.3, -0.25) is 4.79 Å². The van der Waals surface area contributed by atoms with E-state index in [0.717, 1.165) is 28.7 Å². The summed E-state index contributed by atoms with van der Waals surface area (Å²) in [5.74, 6) is 2.05. The van der Waals surface area contributed by atoms with Crippen molar-refractivity contribution in [3.8, 4) is 28.4 Å². The number of hydrogen-bond acceptors (Lipinski definition) is 5. The van der Waals surface area contributed by atoms with Gasteiger partial charge < -0.3 is 18.9 Å². The van der Waals surface area contributed by atoms with Crippen LogP contribution in [0.1, 0.15) is 29.3 Å². The molecule has 0 N–H and O–H groups in total. The second-order valence-electron chi connectivity index (χ2n) is 7.52. The predicted molar refractivity (Wildman–Crippen MR) is 102 cm³/mol. The normalized spacial score (nSPS) is 17.2. The van der Waals surface area contributed by atoms with Crippen LogP contribution in [-0.2, 0) is 11.2 Å². The van der Waals surface area contributed by atoms with Crippen molar-refractivity contribution in [2.24, 2.45) is 5.41 Å². The van der Waals surface area contributed by atoms with Gasteiger partial charge in [-0.1, -0.05) is 25.1 Å². The first-order valence-electron chi connectivity index (χ1n) is 9.17. The molecule has 27 heavy (non-hydrogen) atoms. The van der Waals surface area contributed by atoms with Gasteiger partial charge in [-0.2, -0.15) is 0 Å².